The Kier molecular flexibility index (Phi) is 10.3. The van der Waals surface area contributed by atoms with Crippen molar-refractivity contribution in [1.82, 2.24) is 15.1 Å². The summed E-state index contributed by atoms with van der Waals surface area (Å²) in [5.41, 5.74) is -0.685. The first-order chi connectivity index (χ1) is 15.6. The van der Waals surface area contributed by atoms with Crippen molar-refractivity contribution in [2.75, 3.05) is 19.8 Å². The number of likely N-dealkylation sites (tertiary alicyclic amines) is 1. The highest BCUT2D eigenvalue weighted by Gasteiger charge is 2.49. The van der Waals surface area contributed by atoms with Gasteiger partial charge in [0.25, 0.3) is 0 Å². The number of carbonyl (C=O) groups excluding carboxylic acids is 3. The van der Waals surface area contributed by atoms with Gasteiger partial charge in [0, 0.05) is 29.0 Å². The SMILES string of the molecule is C=C(C)[C@H](CCSC1CC(=O)N(C(C)(C)CC(C)(C)C(=O)NC(C)(C)CC(C)(C)C)C1=O)N(C)C. The fourth-order valence-corrected chi connectivity index (χ4v) is 6.88. The molecule has 35 heavy (non-hydrogen) atoms. The predicted molar refractivity (Wildman–Crippen MR) is 148 cm³/mol. The third-order valence-electron chi connectivity index (χ3n) is 6.53. The van der Waals surface area contributed by atoms with Gasteiger partial charge in [-0.1, -0.05) is 46.8 Å². The summed E-state index contributed by atoms with van der Waals surface area (Å²) in [7, 11) is 4.06. The minimum Gasteiger partial charge on any atom is -0.351 e. The molecule has 0 spiro atoms. The van der Waals surface area contributed by atoms with E-state index in [1.807, 2.05) is 62.6 Å². The van der Waals surface area contributed by atoms with Crippen LogP contribution in [-0.4, -0.2) is 69.7 Å². The molecule has 0 aliphatic carbocycles. The Balaban J connectivity index is 2.87. The molecule has 1 aliphatic heterocycles. The molecule has 7 heteroatoms. The maximum absolute atomic E-state index is 13.3. The third-order valence-corrected chi connectivity index (χ3v) is 7.77. The molecule has 1 N–H and O–H groups in total. The molecule has 0 radical (unpaired) electrons. The highest BCUT2D eigenvalue weighted by Crippen LogP contribution is 2.38. The molecular formula is C28H51N3O3S. The Morgan fingerprint density at radius 2 is 1.63 bits per heavy atom. The second kappa shape index (κ2) is 11.4. The fourth-order valence-electron chi connectivity index (χ4n) is 5.72. The van der Waals surface area contributed by atoms with Crippen molar-refractivity contribution in [3.63, 3.8) is 0 Å². The quantitative estimate of drug-likeness (QED) is 0.287. The number of thioether (sulfide) groups is 1. The van der Waals surface area contributed by atoms with Gasteiger partial charge in [-0.25, -0.2) is 0 Å². The van der Waals surface area contributed by atoms with Gasteiger partial charge in [-0.05, 0) is 79.1 Å². The van der Waals surface area contributed by atoms with Gasteiger partial charge in [-0.15, -0.1) is 11.8 Å². The highest BCUT2D eigenvalue weighted by molar-refractivity contribution is 8.00. The molecule has 0 bridgehead atoms. The zero-order valence-electron chi connectivity index (χ0n) is 24.4. The lowest BCUT2D eigenvalue weighted by molar-refractivity contribution is -0.148. The van der Waals surface area contributed by atoms with E-state index in [9.17, 15) is 14.4 Å². The summed E-state index contributed by atoms with van der Waals surface area (Å²) in [6.45, 7) is 24.2. The molecule has 1 heterocycles. The second-order valence-electron chi connectivity index (χ2n) is 13.7. The summed E-state index contributed by atoms with van der Waals surface area (Å²) >= 11 is 1.56. The lowest BCUT2D eigenvalue weighted by Gasteiger charge is -2.41. The minimum absolute atomic E-state index is 0.0561. The van der Waals surface area contributed by atoms with E-state index in [0.29, 0.717) is 6.42 Å². The van der Waals surface area contributed by atoms with Crippen molar-refractivity contribution >= 4 is 29.5 Å². The van der Waals surface area contributed by atoms with E-state index >= 15 is 0 Å². The molecular weight excluding hydrogens is 458 g/mol. The van der Waals surface area contributed by atoms with Crippen LogP contribution >= 0.6 is 11.8 Å². The first-order valence-corrected chi connectivity index (χ1v) is 13.8. The van der Waals surface area contributed by atoms with E-state index in [1.54, 1.807) is 11.8 Å². The lowest BCUT2D eigenvalue weighted by atomic mass is 9.76. The van der Waals surface area contributed by atoms with Gasteiger partial charge in [0.05, 0.1) is 5.25 Å². The summed E-state index contributed by atoms with van der Waals surface area (Å²) < 4.78 is 0. The third kappa shape index (κ3) is 9.23. The lowest BCUT2D eigenvalue weighted by Crippen LogP contribution is -2.55. The van der Waals surface area contributed by atoms with Crippen molar-refractivity contribution < 1.29 is 14.4 Å². The Morgan fingerprint density at radius 1 is 1.09 bits per heavy atom. The van der Waals surface area contributed by atoms with Crippen LogP contribution in [0.5, 0.6) is 0 Å². The van der Waals surface area contributed by atoms with Gasteiger partial charge in [0.1, 0.15) is 0 Å². The number of carbonyl (C=O) groups is 3. The van der Waals surface area contributed by atoms with E-state index in [0.717, 1.165) is 24.2 Å². The van der Waals surface area contributed by atoms with Crippen LogP contribution < -0.4 is 5.32 Å². The summed E-state index contributed by atoms with van der Waals surface area (Å²) in [6.07, 6.45) is 2.34. The number of hydrogen-bond donors (Lipinski definition) is 1. The zero-order chi connectivity index (χ0) is 27.6. The summed E-state index contributed by atoms with van der Waals surface area (Å²) in [6, 6.07) is 0.254. The van der Waals surface area contributed by atoms with Gasteiger partial charge in [-0.3, -0.25) is 19.3 Å². The van der Waals surface area contributed by atoms with E-state index in [4.69, 9.17) is 0 Å². The standard InChI is InChI=1S/C28H51N3O3S/c1-19(2)20(30(12)13)14-15-35-21-16-22(32)31(23(21)33)28(10,11)18-26(6,7)24(34)29-27(8,9)17-25(3,4)5/h20-21H,1,14-18H2,2-13H3,(H,29,34)/t20-,21?/m0/s1. The normalized spacial score (nSPS) is 18.9. The molecule has 202 valence electrons. The van der Waals surface area contributed by atoms with Crippen molar-refractivity contribution in [3.8, 4) is 0 Å². The van der Waals surface area contributed by atoms with Crippen LogP contribution in [-0.2, 0) is 14.4 Å². The minimum atomic E-state index is -0.762. The maximum atomic E-state index is 13.3. The van der Waals surface area contributed by atoms with E-state index in [2.05, 4.69) is 37.6 Å². The van der Waals surface area contributed by atoms with E-state index < -0.39 is 11.0 Å². The number of likely N-dealkylation sites (N-methyl/N-ethyl adjacent to an activating group) is 1. The average Bonchev–Trinajstić information content (AvgIpc) is 2.88. The summed E-state index contributed by atoms with van der Waals surface area (Å²) in [5.74, 6) is 0.445. The molecule has 0 saturated carbocycles. The maximum Gasteiger partial charge on any atom is 0.243 e. The molecule has 0 aromatic carbocycles. The first-order valence-electron chi connectivity index (χ1n) is 12.7. The Bertz CT molecular complexity index is 809. The Labute approximate surface area is 219 Å². The number of hydrogen-bond acceptors (Lipinski definition) is 5. The van der Waals surface area contributed by atoms with Crippen LogP contribution in [0, 0.1) is 10.8 Å². The molecule has 1 unspecified atom stereocenters. The highest BCUT2D eigenvalue weighted by atomic mass is 32.2. The van der Waals surface area contributed by atoms with Gasteiger partial charge in [0.2, 0.25) is 17.7 Å². The Morgan fingerprint density at radius 3 is 2.09 bits per heavy atom. The molecule has 1 aliphatic rings. The second-order valence-corrected chi connectivity index (χ2v) is 15.0. The topological polar surface area (TPSA) is 69.7 Å². The molecule has 1 saturated heterocycles. The van der Waals surface area contributed by atoms with Gasteiger partial charge in [0.15, 0.2) is 0 Å². The van der Waals surface area contributed by atoms with Gasteiger partial charge < -0.3 is 10.2 Å². The molecule has 1 fully saturated rings. The van der Waals surface area contributed by atoms with Crippen LogP contribution in [0.15, 0.2) is 12.2 Å². The predicted octanol–water partition coefficient (Wildman–Crippen LogP) is 5.27. The van der Waals surface area contributed by atoms with Crippen molar-refractivity contribution in [1.29, 1.82) is 0 Å². The summed E-state index contributed by atoms with van der Waals surface area (Å²) in [4.78, 5) is 43.1. The Hall–Kier alpha value is -1.34. The number of nitrogens with zero attached hydrogens (tertiary/aromatic N) is 2. The molecule has 2 atom stereocenters. The smallest absolute Gasteiger partial charge is 0.243 e. The molecule has 1 rings (SSSR count). The van der Waals surface area contributed by atoms with Gasteiger partial charge >= 0.3 is 0 Å². The largest absolute Gasteiger partial charge is 0.351 e. The number of rotatable bonds is 12. The molecule has 0 aromatic heterocycles. The number of nitrogens with one attached hydrogen (secondary N) is 1. The number of imide groups is 1. The average molecular weight is 510 g/mol. The monoisotopic (exact) mass is 509 g/mol. The van der Waals surface area contributed by atoms with Crippen LogP contribution in [0.1, 0.15) is 94.9 Å². The van der Waals surface area contributed by atoms with Crippen LogP contribution in [0.25, 0.3) is 0 Å². The van der Waals surface area contributed by atoms with Crippen molar-refractivity contribution in [2.45, 2.75) is 117 Å². The van der Waals surface area contributed by atoms with Crippen LogP contribution in [0.3, 0.4) is 0 Å². The van der Waals surface area contributed by atoms with Crippen molar-refractivity contribution in [3.05, 3.63) is 12.2 Å². The molecule has 3 amide bonds. The van der Waals surface area contributed by atoms with E-state index in [1.165, 1.54) is 4.90 Å². The van der Waals surface area contributed by atoms with Crippen molar-refractivity contribution in [2.24, 2.45) is 10.8 Å². The summed E-state index contributed by atoms with van der Waals surface area (Å²) in [5, 5.41) is 2.85. The first kappa shape index (κ1) is 31.7. The fraction of sp³-hybridized carbons (Fsp3) is 0.821. The molecule has 0 aromatic rings. The van der Waals surface area contributed by atoms with Gasteiger partial charge in [-0.2, -0.15) is 0 Å². The number of amides is 3. The van der Waals surface area contributed by atoms with E-state index in [-0.39, 0.29) is 46.4 Å². The zero-order valence-corrected chi connectivity index (χ0v) is 25.2. The molecule has 6 nitrogen and oxygen atoms in total. The van der Waals surface area contributed by atoms with Crippen LogP contribution in [0.2, 0.25) is 0 Å². The van der Waals surface area contributed by atoms with Crippen LogP contribution in [0.4, 0.5) is 0 Å².